The summed E-state index contributed by atoms with van der Waals surface area (Å²) in [5.41, 5.74) is 5.83. The van der Waals surface area contributed by atoms with Gasteiger partial charge in [-0.1, -0.05) is 556 Å². The van der Waals surface area contributed by atoms with E-state index in [-0.39, 0.29) is 29.9 Å². The number of carbonyl (C=O) groups is 3. The van der Waals surface area contributed by atoms with Gasteiger partial charge in [-0.25, -0.2) is 0 Å². The van der Waals surface area contributed by atoms with Crippen molar-refractivity contribution >= 4 is 17.7 Å². The molecule has 0 bridgehead atoms. The van der Waals surface area contributed by atoms with Gasteiger partial charge in [0.25, 0.3) is 0 Å². The largest absolute Gasteiger partial charge is 0.392 e. The molecule has 3 atom stereocenters. The molecule has 0 saturated carbocycles. The van der Waals surface area contributed by atoms with Gasteiger partial charge in [0, 0.05) is 78.2 Å². The highest BCUT2D eigenvalue weighted by atomic mass is 16.3. The summed E-state index contributed by atoms with van der Waals surface area (Å²) in [6.07, 6.45) is 123. The van der Waals surface area contributed by atoms with Crippen molar-refractivity contribution in [1.82, 2.24) is 40.9 Å². The molecule has 3 amide bonds. The van der Waals surface area contributed by atoms with Crippen molar-refractivity contribution in [2.45, 2.75) is 684 Å². The molecule has 0 aromatic rings. The van der Waals surface area contributed by atoms with Gasteiger partial charge in [0.2, 0.25) is 17.7 Å². The second-order valence-corrected chi connectivity index (χ2v) is 44.9. The minimum absolute atomic E-state index is 0.178. The van der Waals surface area contributed by atoms with Crippen molar-refractivity contribution in [3.8, 4) is 0 Å². The molecule has 0 aromatic heterocycles. The number of aliphatic hydroxyl groups excluding tert-OH is 3. The normalized spacial score (nSPS) is 12.3. The van der Waals surface area contributed by atoms with Crippen LogP contribution in [0.5, 0.6) is 0 Å². The smallest absolute Gasteiger partial charge is 0.221 e. The Hall–Kier alpha value is -1.95. The molecule has 852 valence electrons. The lowest BCUT2D eigenvalue weighted by atomic mass is 10.0. The van der Waals surface area contributed by atoms with E-state index >= 15 is 0 Å². The lowest BCUT2D eigenvalue weighted by Crippen LogP contribution is -2.39. The molecule has 15 nitrogen and oxygen atoms in total. The van der Waals surface area contributed by atoms with Crippen LogP contribution in [-0.4, -0.2) is 189 Å². The minimum Gasteiger partial charge on any atom is -0.392 e. The van der Waals surface area contributed by atoms with Crippen LogP contribution in [0.3, 0.4) is 0 Å². The van der Waals surface area contributed by atoms with Crippen molar-refractivity contribution in [1.29, 1.82) is 0 Å². The number of amides is 3. The van der Waals surface area contributed by atoms with Crippen molar-refractivity contribution in [2.24, 2.45) is 5.73 Å². The number of nitrogens with one attached hydrogen (secondary N) is 4. The maximum atomic E-state index is 12.9. The van der Waals surface area contributed by atoms with E-state index in [0.717, 1.165) is 162 Å². The quantitative estimate of drug-likeness (QED) is 0.0269. The summed E-state index contributed by atoms with van der Waals surface area (Å²) >= 11 is 0. The van der Waals surface area contributed by atoms with E-state index in [1.165, 1.54) is 520 Å². The molecule has 3 unspecified atom stereocenters. The van der Waals surface area contributed by atoms with E-state index in [4.69, 9.17) is 5.73 Å². The van der Waals surface area contributed by atoms with E-state index in [2.05, 4.69) is 89.3 Å². The van der Waals surface area contributed by atoms with Crippen LogP contribution in [-0.2, 0) is 14.4 Å². The molecule has 0 heterocycles. The monoisotopic (exact) mass is 2010 g/mol. The van der Waals surface area contributed by atoms with Gasteiger partial charge >= 0.3 is 0 Å². The van der Waals surface area contributed by atoms with Crippen LogP contribution in [0.1, 0.15) is 665 Å². The number of hydrogen-bond acceptors (Lipinski definition) is 12. The molecule has 142 heavy (non-hydrogen) atoms. The summed E-state index contributed by atoms with van der Waals surface area (Å²) in [6, 6.07) is 0. The Labute approximate surface area is 890 Å². The van der Waals surface area contributed by atoms with Gasteiger partial charge in [-0.05, 0) is 149 Å². The van der Waals surface area contributed by atoms with E-state index in [0.29, 0.717) is 38.9 Å². The third kappa shape index (κ3) is 123. The van der Waals surface area contributed by atoms with Crippen molar-refractivity contribution < 1.29 is 29.7 Å². The van der Waals surface area contributed by atoms with E-state index in [1.54, 1.807) is 0 Å². The number of nitrogens with two attached hydrogens (primary N) is 1. The van der Waals surface area contributed by atoms with Crippen LogP contribution < -0.4 is 27.0 Å². The zero-order valence-electron chi connectivity index (χ0n) is 98.4. The molecule has 0 aliphatic carbocycles. The molecule has 0 aliphatic rings. The molecule has 15 heteroatoms. The highest BCUT2D eigenvalue weighted by molar-refractivity contribution is 5.76. The second kappa shape index (κ2) is 128. The van der Waals surface area contributed by atoms with E-state index in [9.17, 15) is 29.7 Å². The fourth-order valence-electron chi connectivity index (χ4n) is 20.6. The van der Waals surface area contributed by atoms with Crippen LogP contribution in [0.15, 0.2) is 0 Å². The number of aliphatic hydroxyl groups is 3. The maximum absolute atomic E-state index is 12.9. The fraction of sp³-hybridized carbons (Fsp3) is 0.976. The van der Waals surface area contributed by atoms with Crippen molar-refractivity contribution in [3.05, 3.63) is 0 Å². The van der Waals surface area contributed by atoms with E-state index in [1.807, 2.05) is 14.0 Å². The molecular formula is C127H263N9O6. The number of hydrogen-bond donors (Lipinski definition) is 8. The zero-order valence-corrected chi connectivity index (χ0v) is 98.4. The average molecular weight is 2010 g/mol. The molecule has 0 aliphatic heterocycles. The van der Waals surface area contributed by atoms with Crippen molar-refractivity contribution in [2.75, 3.05) is 118 Å². The zero-order chi connectivity index (χ0) is 104. The van der Waals surface area contributed by atoms with Crippen LogP contribution in [0, 0.1) is 0 Å². The Morgan fingerprint density at radius 1 is 0.197 bits per heavy atom. The van der Waals surface area contributed by atoms with Gasteiger partial charge in [0.05, 0.1) is 18.3 Å². The molecule has 0 saturated heterocycles. The van der Waals surface area contributed by atoms with Crippen LogP contribution in [0.2, 0.25) is 0 Å². The Morgan fingerprint density at radius 3 is 0.599 bits per heavy atom. The number of unbranched alkanes of at least 4 members (excludes halogenated alkanes) is 80. The van der Waals surface area contributed by atoms with Gasteiger partial charge in [0.15, 0.2) is 0 Å². The number of carbonyl (C=O) groups excluding carboxylic acids is 3. The fourth-order valence-corrected chi connectivity index (χ4v) is 20.6. The summed E-state index contributed by atoms with van der Waals surface area (Å²) in [4.78, 5) is 46.7. The summed E-state index contributed by atoms with van der Waals surface area (Å²) in [6.45, 7) is 33.1. The van der Waals surface area contributed by atoms with Crippen LogP contribution >= 0.6 is 0 Å². The first-order chi connectivity index (χ1) is 69.8. The summed E-state index contributed by atoms with van der Waals surface area (Å²) in [7, 11) is 1.93. The standard InChI is InChI=1S/C57H118N4O3.C52H108N4O2.C18H37NO/c1-5-8-11-14-17-20-23-26-29-32-35-40-47-59-57(64)46-39-38-45-55(62)53-60(48-41-36-33-30-27-24-21-18-15-12-9-6-2)50-43-44-51-61(54-56(63)52-58-4)49-42-37-34-31-28-25-22-19-16-13-10-7-3;1-4-7-10-13-16-19-22-25-28-31-34-37-43-54-52(58)42-48-55(44-38-35-32-29-26-23-20-17-14-11-8-5-2)45-40-41-47-56(50-51(57)49-53)46-39-36-33-30-27-24-21-18-15-12-9-6-3;1-3-5-6-7-8-9-10-11-12-13-14-15-17-19-18(20)16-4-2/h55-56,58,62-63H,5-54H2,1-4H3,(H,59,64);51,57H,4-50,53H2,1-3H3,(H,54,58);3-17H2,1-2H3,(H,19,20). The number of rotatable bonds is 120. The predicted molar refractivity (Wildman–Crippen MR) is 630 cm³/mol. The van der Waals surface area contributed by atoms with Crippen LogP contribution in [0.4, 0.5) is 0 Å². The Kier molecular flexibility index (Phi) is 130. The first kappa shape index (κ1) is 144. The lowest BCUT2D eigenvalue weighted by Gasteiger charge is -2.27. The molecular weight excluding hydrogens is 1750 g/mol. The summed E-state index contributed by atoms with van der Waals surface area (Å²) in [5.74, 6) is 0.625. The molecule has 0 radical (unpaired) electrons. The third-order valence-corrected chi connectivity index (χ3v) is 30.2. The number of likely N-dealkylation sites (N-methyl/N-ethyl adjacent to an activating group) is 1. The second-order valence-electron chi connectivity index (χ2n) is 44.9. The van der Waals surface area contributed by atoms with Gasteiger partial charge in [-0.2, -0.15) is 0 Å². The highest BCUT2D eigenvalue weighted by Gasteiger charge is 2.18. The Bertz CT molecular complexity index is 2330. The average Bonchev–Trinajstić information content (AvgIpc) is 0.945. The van der Waals surface area contributed by atoms with Gasteiger partial charge < -0.3 is 61.9 Å². The molecule has 0 fully saturated rings. The first-order valence-corrected chi connectivity index (χ1v) is 64.9. The van der Waals surface area contributed by atoms with Crippen LogP contribution in [0.25, 0.3) is 0 Å². The third-order valence-electron chi connectivity index (χ3n) is 30.2. The molecule has 0 spiro atoms. The molecule has 0 rings (SSSR count). The number of nitrogens with zero attached hydrogens (tertiary/aromatic N) is 4. The highest BCUT2D eigenvalue weighted by Crippen LogP contribution is 2.22. The van der Waals surface area contributed by atoms with E-state index < -0.39 is 6.10 Å². The lowest BCUT2D eigenvalue weighted by molar-refractivity contribution is -0.122. The van der Waals surface area contributed by atoms with Gasteiger partial charge in [-0.15, -0.1) is 0 Å². The first-order valence-electron chi connectivity index (χ1n) is 64.9. The topological polar surface area (TPSA) is 199 Å². The molecule has 9 N–H and O–H groups in total. The van der Waals surface area contributed by atoms with Crippen molar-refractivity contribution in [3.63, 3.8) is 0 Å². The van der Waals surface area contributed by atoms with Gasteiger partial charge in [-0.3, -0.25) is 14.4 Å². The van der Waals surface area contributed by atoms with Gasteiger partial charge in [0.1, 0.15) is 0 Å². The Balaban J connectivity index is -0.00000228. The predicted octanol–water partition coefficient (Wildman–Crippen LogP) is 35.0. The SMILES string of the molecule is CCCCCCCCCCCCCCNC(=O)CCC.CCCCCCCCCCCCCCNC(=O)CCCCC(O)CN(CCCCCCCCCCCCCC)CCCCN(CCCCCCCCCCCCCC)CC(O)CNC.CCCCCCCCCCCCCCNC(=O)CCN(CCCCCCCCCCCCCC)CCCCN(CCCCCCCCCCCCCC)CC(O)CN. The summed E-state index contributed by atoms with van der Waals surface area (Å²) in [5, 5.41) is 44.7. The maximum Gasteiger partial charge on any atom is 0.221 e. The molecule has 0 aromatic carbocycles. The minimum atomic E-state index is -0.437. The Morgan fingerprint density at radius 2 is 0.380 bits per heavy atom. The summed E-state index contributed by atoms with van der Waals surface area (Å²) < 4.78 is 0.